The van der Waals surface area contributed by atoms with Gasteiger partial charge in [0.2, 0.25) is 0 Å². The molecule has 0 N–H and O–H groups in total. The van der Waals surface area contributed by atoms with Gasteiger partial charge in [-0.05, 0) is 19.1 Å². The van der Waals surface area contributed by atoms with Crippen LogP contribution < -0.4 is 0 Å². The average molecular weight is 204 g/mol. The zero-order valence-corrected chi connectivity index (χ0v) is 8.65. The molecule has 1 aromatic carbocycles. The summed E-state index contributed by atoms with van der Waals surface area (Å²) in [5.74, 6) is 0. The largest absolute Gasteiger partial charge is 0.416 e. The van der Waals surface area contributed by atoms with Crippen LogP contribution in [0.3, 0.4) is 0 Å². The van der Waals surface area contributed by atoms with E-state index >= 15 is 0 Å². The van der Waals surface area contributed by atoms with Crippen molar-refractivity contribution < 1.29 is 13.2 Å². The number of rotatable bonds is 0. The first-order valence-electron chi connectivity index (χ1n) is 4.55. The highest BCUT2D eigenvalue weighted by atomic mass is 19.4. The molecule has 0 atom stereocenters. The molecule has 0 heterocycles. The molecule has 0 aliphatic rings. The molecule has 0 bridgehead atoms. The lowest BCUT2D eigenvalue weighted by Crippen LogP contribution is -2.03. The molecule has 0 aromatic heterocycles. The Morgan fingerprint density at radius 2 is 1.36 bits per heavy atom. The number of alkyl halides is 3. The molecule has 14 heavy (non-hydrogen) atoms. The zero-order valence-electron chi connectivity index (χ0n) is 8.65. The van der Waals surface area contributed by atoms with Gasteiger partial charge in [-0.15, -0.1) is 0 Å². The Morgan fingerprint density at radius 3 is 1.64 bits per heavy atom. The Balaban J connectivity index is 0.000000500. The van der Waals surface area contributed by atoms with Gasteiger partial charge in [-0.3, -0.25) is 0 Å². The lowest BCUT2D eigenvalue weighted by molar-refractivity contribution is -0.137. The number of hydrogen-bond acceptors (Lipinski definition) is 0. The summed E-state index contributed by atoms with van der Waals surface area (Å²) in [6, 6.07) is 5.05. The average Bonchev–Trinajstić information content (AvgIpc) is 2.04. The topological polar surface area (TPSA) is 0 Å². The molecule has 1 rings (SSSR count). The van der Waals surface area contributed by atoms with Gasteiger partial charge in [0.1, 0.15) is 0 Å². The quantitative estimate of drug-likeness (QED) is 0.586. The molecular weight excluding hydrogens is 189 g/mol. The van der Waals surface area contributed by atoms with E-state index in [-0.39, 0.29) is 0 Å². The molecule has 0 nitrogen and oxygen atoms in total. The van der Waals surface area contributed by atoms with Gasteiger partial charge in [-0.25, -0.2) is 0 Å². The van der Waals surface area contributed by atoms with Gasteiger partial charge in [0.25, 0.3) is 0 Å². The van der Waals surface area contributed by atoms with E-state index < -0.39 is 11.7 Å². The predicted molar refractivity (Wildman–Crippen MR) is 52.1 cm³/mol. The van der Waals surface area contributed by atoms with Gasteiger partial charge in [0.05, 0.1) is 5.56 Å². The van der Waals surface area contributed by atoms with Gasteiger partial charge >= 0.3 is 6.18 Å². The van der Waals surface area contributed by atoms with E-state index in [1.807, 2.05) is 0 Å². The van der Waals surface area contributed by atoms with E-state index in [0.717, 1.165) is 17.7 Å². The standard InChI is InChI=1S/C8H7F3.C3H8/c1-6-2-4-7(5-3-6)8(9,10)11;1-3-2/h2-5H,1H3;3H2,1-2H3. The molecule has 0 fully saturated rings. The predicted octanol–water partition coefficient (Wildman–Crippen LogP) is 4.43. The summed E-state index contributed by atoms with van der Waals surface area (Å²) in [4.78, 5) is 0. The smallest absolute Gasteiger partial charge is 0.166 e. The van der Waals surface area contributed by atoms with Crippen LogP contribution in [-0.4, -0.2) is 0 Å². The summed E-state index contributed by atoms with van der Waals surface area (Å²) in [5.41, 5.74) is 0.237. The maximum atomic E-state index is 11.9. The third-order valence-corrected chi connectivity index (χ3v) is 1.38. The minimum atomic E-state index is -4.21. The Bertz CT molecular complexity index is 246. The van der Waals surface area contributed by atoms with Crippen LogP contribution in [0, 0.1) is 6.92 Å². The summed E-state index contributed by atoms with van der Waals surface area (Å²) >= 11 is 0. The highest BCUT2D eigenvalue weighted by Crippen LogP contribution is 2.28. The Hall–Kier alpha value is -0.990. The molecule has 0 aliphatic heterocycles. The third kappa shape index (κ3) is 4.90. The van der Waals surface area contributed by atoms with Crippen molar-refractivity contribution in [1.82, 2.24) is 0 Å². The summed E-state index contributed by atoms with van der Waals surface area (Å²) in [6.45, 7) is 6.00. The fourth-order valence-electron chi connectivity index (χ4n) is 0.743. The molecule has 0 saturated heterocycles. The zero-order chi connectivity index (χ0) is 11.2. The van der Waals surface area contributed by atoms with Crippen molar-refractivity contribution in [3.63, 3.8) is 0 Å². The van der Waals surface area contributed by atoms with E-state index in [1.165, 1.54) is 18.6 Å². The van der Waals surface area contributed by atoms with Gasteiger partial charge in [-0.1, -0.05) is 38.0 Å². The highest BCUT2D eigenvalue weighted by molar-refractivity contribution is 5.23. The first-order chi connectivity index (χ1) is 6.41. The minimum absolute atomic E-state index is 0.594. The molecule has 0 radical (unpaired) electrons. The maximum Gasteiger partial charge on any atom is 0.416 e. The molecule has 1 aromatic rings. The van der Waals surface area contributed by atoms with Crippen LogP contribution in [0.5, 0.6) is 0 Å². The lowest BCUT2D eigenvalue weighted by atomic mass is 10.1. The Kier molecular flexibility index (Phi) is 5.28. The molecule has 0 saturated carbocycles. The first-order valence-corrected chi connectivity index (χ1v) is 4.55. The van der Waals surface area contributed by atoms with Gasteiger partial charge < -0.3 is 0 Å². The fourth-order valence-corrected chi connectivity index (χ4v) is 0.743. The number of aryl methyl sites for hydroxylation is 1. The second kappa shape index (κ2) is 5.68. The minimum Gasteiger partial charge on any atom is -0.166 e. The van der Waals surface area contributed by atoms with Crippen molar-refractivity contribution in [2.24, 2.45) is 0 Å². The summed E-state index contributed by atoms with van der Waals surface area (Å²) in [7, 11) is 0. The van der Waals surface area contributed by atoms with Gasteiger partial charge in [-0.2, -0.15) is 13.2 Å². The van der Waals surface area contributed by atoms with Crippen molar-refractivity contribution in [3.05, 3.63) is 35.4 Å². The number of halogens is 3. The van der Waals surface area contributed by atoms with Crippen molar-refractivity contribution in [2.45, 2.75) is 33.4 Å². The number of benzene rings is 1. The molecule has 0 spiro atoms. The van der Waals surface area contributed by atoms with E-state index in [4.69, 9.17) is 0 Å². The normalized spacial score (nSPS) is 10.4. The van der Waals surface area contributed by atoms with E-state index in [1.54, 1.807) is 6.92 Å². The summed E-state index contributed by atoms with van der Waals surface area (Å²) in [5, 5.41) is 0. The lowest BCUT2D eigenvalue weighted by Gasteiger charge is -2.05. The second-order valence-electron chi connectivity index (χ2n) is 3.07. The van der Waals surface area contributed by atoms with Gasteiger partial charge in [0.15, 0.2) is 0 Å². The van der Waals surface area contributed by atoms with Crippen LogP contribution in [0.15, 0.2) is 24.3 Å². The van der Waals surface area contributed by atoms with Crippen molar-refractivity contribution in [2.75, 3.05) is 0 Å². The summed E-state index contributed by atoms with van der Waals surface area (Å²) < 4.78 is 35.8. The second-order valence-corrected chi connectivity index (χ2v) is 3.07. The van der Waals surface area contributed by atoms with E-state index in [2.05, 4.69) is 13.8 Å². The monoisotopic (exact) mass is 204 g/mol. The van der Waals surface area contributed by atoms with E-state index in [0.29, 0.717) is 0 Å². The molecule has 0 amide bonds. The first kappa shape index (κ1) is 13.0. The Morgan fingerprint density at radius 1 is 1.00 bits per heavy atom. The van der Waals surface area contributed by atoms with Gasteiger partial charge in [0, 0.05) is 0 Å². The molecule has 0 unspecified atom stereocenters. The molecular formula is C11H15F3. The number of hydrogen-bond donors (Lipinski definition) is 0. The summed E-state index contributed by atoms with van der Waals surface area (Å²) in [6.07, 6.45) is -2.96. The highest BCUT2D eigenvalue weighted by Gasteiger charge is 2.29. The van der Waals surface area contributed by atoms with Crippen LogP contribution in [-0.2, 0) is 6.18 Å². The third-order valence-electron chi connectivity index (χ3n) is 1.38. The maximum absolute atomic E-state index is 11.9. The Labute approximate surface area is 82.8 Å². The van der Waals surface area contributed by atoms with E-state index in [9.17, 15) is 13.2 Å². The SMILES string of the molecule is CCC.Cc1ccc(C(F)(F)F)cc1. The fraction of sp³-hybridized carbons (Fsp3) is 0.455. The van der Waals surface area contributed by atoms with Crippen LogP contribution in [0.1, 0.15) is 31.4 Å². The van der Waals surface area contributed by atoms with Crippen LogP contribution in [0.2, 0.25) is 0 Å². The van der Waals surface area contributed by atoms with Crippen molar-refractivity contribution in [3.8, 4) is 0 Å². The van der Waals surface area contributed by atoms with Crippen molar-refractivity contribution >= 4 is 0 Å². The van der Waals surface area contributed by atoms with Crippen LogP contribution in [0.4, 0.5) is 13.2 Å². The van der Waals surface area contributed by atoms with Crippen LogP contribution in [0.25, 0.3) is 0 Å². The van der Waals surface area contributed by atoms with Crippen molar-refractivity contribution in [1.29, 1.82) is 0 Å². The van der Waals surface area contributed by atoms with Crippen LogP contribution >= 0.6 is 0 Å². The molecule has 0 aliphatic carbocycles. The molecule has 3 heteroatoms. The molecule has 80 valence electrons.